The summed E-state index contributed by atoms with van der Waals surface area (Å²) in [5.74, 6) is 1.18. The van der Waals surface area contributed by atoms with E-state index in [1.54, 1.807) is 37.8 Å². The Kier molecular flexibility index (Phi) is 4.94. The molecule has 2 aromatic rings. The Bertz CT molecular complexity index is 938. The van der Waals surface area contributed by atoms with E-state index in [0.29, 0.717) is 35.1 Å². The van der Waals surface area contributed by atoms with Crippen molar-refractivity contribution in [3.8, 4) is 0 Å². The largest absolute Gasteiger partial charge is 0.466 e. The van der Waals surface area contributed by atoms with E-state index in [0.717, 1.165) is 11.1 Å². The lowest BCUT2D eigenvalue weighted by molar-refractivity contribution is 0.0696. The standard InChI is InChI=1S/C19H24N2O4S/c1-13-5-6-14(2)18(11-13)26(23,24)21-9-7-20(8-10-21)19(22)17-12-15(3)25-16(17)4/h5-6,11-12H,7-10H2,1-4H3. The van der Waals surface area contributed by atoms with E-state index < -0.39 is 10.0 Å². The molecule has 0 spiro atoms. The van der Waals surface area contributed by atoms with Crippen LogP contribution in [0.1, 0.15) is 33.0 Å². The minimum absolute atomic E-state index is 0.108. The Morgan fingerprint density at radius 1 is 1.00 bits per heavy atom. The Morgan fingerprint density at radius 2 is 1.65 bits per heavy atom. The summed E-state index contributed by atoms with van der Waals surface area (Å²) in [6.07, 6.45) is 0. The van der Waals surface area contributed by atoms with Gasteiger partial charge in [-0.3, -0.25) is 4.79 Å². The van der Waals surface area contributed by atoms with Gasteiger partial charge in [0, 0.05) is 26.2 Å². The van der Waals surface area contributed by atoms with Crippen molar-refractivity contribution in [3.05, 3.63) is 52.5 Å². The van der Waals surface area contributed by atoms with Crippen molar-refractivity contribution in [2.75, 3.05) is 26.2 Å². The Hall–Kier alpha value is -2.12. The lowest BCUT2D eigenvalue weighted by atomic mass is 10.2. The van der Waals surface area contributed by atoms with Gasteiger partial charge in [-0.05, 0) is 51.0 Å². The van der Waals surface area contributed by atoms with E-state index in [-0.39, 0.29) is 19.0 Å². The molecule has 0 aliphatic carbocycles. The van der Waals surface area contributed by atoms with Crippen LogP contribution in [0.15, 0.2) is 33.6 Å². The van der Waals surface area contributed by atoms with Crippen LogP contribution >= 0.6 is 0 Å². The van der Waals surface area contributed by atoms with Gasteiger partial charge in [-0.2, -0.15) is 4.31 Å². The molecule has 0 radical (unpaired) electrons. The topological polar surface area (TPSA) is 70.8 Å². The quantitative estimate of drug-likeness (QED) is 0.826. The zero-order chi connectivity index (χ0) is 19.1. The van der Waals surface area contributed by atoms with Crippen molar-refractivity contribution >= 4 is 15.9 Å². The van der Waals surface area contributed by atoms with Crippen LogP contribution in [0, 0.1) is 27.7 Å². The lowest BCUT2D eigenvalue weighted by Gasteiger charge is -2.34. The second-order valence-electron chi connectivity index (χ2n) is 6.79. The maximum atomic E-state index is 13.0. The van der Waals surface area contributed by atoms with Crippen LogP contribution in [0.5, 0.6) is 0 Å². The van der Waals surface area contributed by atoms with Gasteiger partial charge in [0.2, 0.25) is 10.0 Å². The van der Waals surface area contributed by atoms with Crippen molar-refractivity contribution in [3.63, 3.8) is 0 Å². The highest BCUT2D eigenvalue weighted by Gasteiger charge is 2.32. The minimum atomic E-state index is -3.56. The molecular formula is C19H24N2O4S. The summed E-state index contributed by atoms with van der Waals surface area (Å²) < 4.78 is 32.8. The molecule has 6 nitrogen and oxygen atoms in total. The Morgan fingerprint density at radius 3 is 2.23 bits per heavy atom. The summed E-state index contributed by atoms with van der Waals surface area (Å²) >= 11 is 0. The number of amides is 1. The molecule has 1 aliphatic rings. The third-order valence-electron chi connectivity index (χ3n) is 4.76. The number of piperazine rings is 1. The van der Waals surface area contributed by atoms with Crippen molar-refractivity contribution < 1.29 is 17.6 Å². The molecule has 0 unspecified atom stereocenters. The number of aryl methyl sites for hydroxylation is 4. The summed E-state index contributed by atoms with van der Waals surface area (Å²) in [6.45, 7) is 8.56. The minimum Gasteiger partial charge on any atom is -0.466 e. The zero-order valence-electron chi connectivity index (χ0n) is 15.6. The normalized spacial score (nSPS) is 16.1. The molecule has 0 N–H and O–H groups in total. The van der Waals surface area contributed by atoms with Gasteiger partial charge in [-0.25, -0.2) is 8.42 Å². The fourth-order valence-electron chi connectivity index (χ4n) is 3.27. The predicted octanol–water partition coefficient (Wildman–Crippen LogP) is 2.66. The van der Waals surface area contributed by atoms with E-state index in [1.165, 1.54) is 4.31 Å². The number of hydrogen-bond donors (Lipinski definition) is 0. The Labute approximate surface area is 154 Å². The van der Waals surface area contributed by atoms with Crippen LogP contribution in [0.4, 0.5) is 0 Å². The van der Waals surface area contributed by atoms with Crippen LogP contribution < -0.4 is 0 Å². The average molecular weight is 376 g/mol. The van der Waals surface area contributed by atoms with Crippen molar-refractivity contribution in [1.82, 2.24) is 9.21 Å². The lowest BCUT2D eigenvalue weighted by Crippen LogP contribution is -2.50. The first-order valence-electron chi connectivity index (χ1n) is 8.64. The molecule has 3 rings (SSSR count). The molecular weight excluding hydrogens is 352 g/mol. The van der Waals surface area contributed by atoms with E-state index in [9.17, 15) is 13.2 Å². The molecule has 0 bridgehead atoms. The second-order valence-corrected chi connectivity index (χ2v) is 8.70. The monoisotopic (exact) mass is 376 g/mol. The molecule has 26 heavy (non-hydrogen) atoms. The van der Waals surface area contributed by atoms with Crippen LogP contribution in [0.2, 0.25) is 0 Å². The number of rotatable bonds is 3. The molecule has 7 heteroatoms. The van der Waals surface area contributed by atoms with Gasteiger partial charge < -0.3 is 9.32 Å². The molecule has 0 saturated carbocycles. The number of carbonyl (C=O) groups excluding carboxylic acids is 1. The van der Waals surface area contributed by atoms with Crippen molar-refractivity contribution in [1.29, 1.82) is 0 Å². The molecule has 0 atom stereocenters. The summed E-state index contributed by atoms with van der Waals surface area (Å²) in [5, 5.41) is 0. The fraction of sp³-hybridized carbons (Fsp3) is 0.421. The van der Waals surface area contributed by atoms with Gasteiger partial charge in [0.25, 0.3) is 5.91 Å². The summed E-state index contributed by atoms with van der Waals surface area (Å²) in [5.41, 5.74) is 2.20. The highest BCUT2D eigenvalue weighted by Crippen LogP contribution is 2.23. The van der Waals surface area contributed by atoms with E-state index >= 15 is 0 Å². The number of nitrogens with zero attached hydrogens (tertiary/aromatic N) is 2. The van der Waals surface area contributed by atoms with Gasteiger partial charge in [0.15, 0.2) is 0 Å². The number of benzene rings is 1. The van der Waals surface area contributed by atoms with Crippen LogP contribution in [0.3, 0.4) is 0 Å². The zero-order valence-corrected chi connectivity index (χ0v) is 16.4. The molecule has 1 amide bonds. The number of carbonyl (C=O) groups is 1. The molecule has 140 valence electrons. The first-order valence-corrected chi connectivity index (χ1v) is 10.1. The van der Waals surface area contributed by atoms with E-state index in [1.807, 2.05) is 19.1 Å². The number of hydrogen-bond acceptors (Lipinski definition) is 4. The third-order valence-corrected chi connectivity index (χ3v) is 6.80. The van der Waals surface area contributed by atoms with Gasteiger partial charge >= 0.3 is 0 Å². The first-order chi connectivity index (χ1) is 12.2. The highest BCUT2D eigenvalue weighted by atomic mass is 32.2. The molecule has 1 aliphatic heterocycles. The molecule has 1 saturated heterocycles. The molecule has 1 aromatic heterocycles. The van der Waals surface area contributed by atoms with Crippen LogP contribution in [-0.4, -0.2) is 49.7 Å². The summed E-state index contributed by atoms with van der Waals surface area (Å²) in [7, 11) is -3.56. The van der Waals surface area contributed by atoms with E-state index in [4.69, 9.17) is 4.42 Å². The predicted molar refractivity (Wildman–Crippen MR) is 98.8 cm³/mol. The fourth-order valence-corrected chi connectivity index (χ4v) is 5.00. The highest BCUT2D eigenvalue weighted by molar-refractivity contribution is 7.89. The molecule has 1 aromatic carbocycles. The van der Waals surface area contributed by atoms with Gasteiger partial charge in [0.05, 0.1) is 10.5 Å². The van der Waals surface area contributed by atoms with Gasteiger partial charge in [-0.15, -0.1) is 0 Å². The maximum Gasteiger partial charge on any atom is 0.257 e. The number of sulfonamides is 1. The second kappa shape index (κ2) is 6.89. The molecule has 1 fully saturated rings. The average Bonchev–Trinajstić information content (AvgIpc) is 2.94. The van der Waals surface area contributed by atoms with E-state index in [2.05, 4.69) is 0 Å². The van der Waals surface area contributed by atoms with Gasteiger partial charge in [0.1, 0.15) is 11.5 Å². The van der Waals surface area contributed by atoms with Crippen molar-refractivity contribution in [2.45, 2.75) is 32.6 Å². The van der Waals surface area contributed by atoms with Crippen LogP contribution in [-0.2, 0) is 10.0 Å². The smallest absolute Gasteiger partial charge is 0.257 e. The SMILES string of the molecule is Cc1ccc(C)c(S(=O)(=O)N2CCN(C(=O)c3cc(C)oc3C)CC2)c1. The maximum absolute atomic E-state index is 13.0. The summed E-state index contributed by atoms with van der Waals surface area (Å²) in [6, 6.07) is 7.17. The van der Waals surface area contributed by atoms with Gasteiger partial charge in [-0.1, -0.05) is 12.1 Å². The number of furan rings is 1. The first kappa shape index (κ1) is 18.7. The molecule has 2 heterocycles. The third kappa shape index (κ3) is 3.41. The summed E-state index contributed by atoms with van der Waals surface area (Å²) in [4.78, 5) is 14.7. The van der Waals surface area contributed by atoms with Crippen LogP contribution in [0.25, 0.3) is 0 Å². The van der Waals surface area contributed by atoms with Crippen molar-refractivity contribution in [2.24, 2.45) is 0 Å². The Balaban J connectivity index is 1.75.